The Bertz CT molecular complexity index is 523. The summed E-state index contributed by atoms with van der Waals surface area (Å²) >= 11 is 5.83. The molecule has 0 fully saturated rings. The molecule has 0 aliphatic rings. The van der Waals surface area contributed by atoms with E-state index in [9.17, 15) is 4.79 Å². The third kappa shape index (κ3) is 2.79. The lowest BCUT2D eigenvalue weighted by Crippen LogP contribution is -2.05. The van der Waals surface area contributed by atoms with Gasteiger partial charge in [0, 0.05) is 5.02 Å². The molecule has 1 aromatic carbocycles. The van der Waals surface area contributed by atoms with Crippen molar-refractivity contribution in [3.63, 3.8) is 0 Å². The Balaban J connectivity index is 2.19. The average molecular weight is 252 g/mol. The highest BCUT2D eigenvalue weighted by Gasteiger charge is 2.10. The smallest absolute Gasteiger partial charge is 0.337 e. The van der Waals surface area contributed by atoms with Gasteiger partial charge in [0.15, 0.2) is 0 Å². The molecule has 0 atom stereocenters. The van der Waals surface area contributed by atoms with E-state index in [0.29, 0.717) is 17.3 Å². The van der Waals surface area contributed by atoms with Gasteiger partial charge in [-0.3, -0.25) is 0 Å². The number of benzene rings is 1. The molecular formula is C12H10ClNO3. The first-order valence-electron chi connectivity index (χ1n) is 4.96. The first-order chi connectivity index (χ1) is 8.16. The number of halogens is 1. The number of hydrogen-bond donors (Lipinski definition) is 2. The van der Waals surface area contributed by atoms with Gasteiger partial charge in [-0.1, -0.05) is 11.6 Å². The van der Waals surface area contributed by atoms with E-state index in [-0.39, 0.29) is 5.56 Å². The third-order valence-corrected chi connectivity index (χ3v) is 2.48. The molecule has 2 N–H and O–H groups in total. The van der Waals surface area contributed by atoms with Crippen LogP contribution in [-0.2, 0) is 6.54 Å². The molecule has 0 aliphatic heterocycles. The van der Waals surface area contributed by atoms with E-state index in [4.69, 9.17) is 21.1 Å². The summed E-state index contributed by atoms with van der Waals surface area (Å²) in [6.07, 6.45) is 1.56. The van der Waals surface area contributed by atoms with Gasteiger partial charge < -0.3 is 14.8 Å². The first-order valence-corrected chi connectivity index (χ1v) is 5.33. The Morgan fingerprint density at radius 1 is 1.41 bits per heavy atom. The second kappa shape index (κ2) is 4.93. The molecule has 0 aliphatic carbocycles. The number of carboxylic acids is 1. The zero-order valence-corrected chi connectivity index (χ0v) is 9.57. The summed E-state index contributed by atoms with van der Waals surface area (Å²) in [5.74, 6) is -0.273. The van der Waals surface area contributed by atoms with Gasteiger partial charge in [-0.25, -0.2) is 4.79 Å². The van der Waals surface area contributed by atoms with Crippen molar-refractivity contribution in [1.29, 1.82) is 0 Å². The highest BCUT2D eigenvalue weighted by molar-refractivity contribution is 6.31. The van der Waals surface area contributed by atoms with Crippen molar-refractivity contribution < 1.29 is 14.3 Å². The quantitative estimate of drug-likeness (QED) is 0.876. The van der Waals surface area contributed by atoms with Gasteiger partial charge in [-0.05, 0) is 30.3 Å². The lowest BCUT2D eigenvalue weighted by Gasteiger charge is -2.08. The van der Waals surface area contributed by atoms with Crippen LogP contribution in [0.5, 0.6) is 0 Å². The molecule has 88 valence electrons. The number of carboxylic acid groups (broad SMARTS) is 1. The van der Waals surface area contributed by atoms with Crippen molar-refractivity contribution in [2.45, 2.75) is 6.54 Å². The fraction of sp³-hybridized carbons (Fsp3) is 0.0833. The molecule has 2 rings (SSSR count). The van der Waals surface area contributed by atoms with Crippen LogP contribution >= 0.6 is 11.6 Å². The third-order valence-electron chi connectivity index (χ3n) is 2.25. The van der Waals surface area contributed by atoms with Gasteiger partial charge >= 0.3 is 5.97 Å². The fourth-order valence-electron chi connectivity index (χ4n) is 1.44. The number of anilines is 1. The van der Waals surface area contributed by atoms with Crippen molar-refractivity contribution in [1.82, 2.24) is 0 Å². The minimum Gasteiger partial charge on any atom is -0.478 e. The SMILES string of the molecule is O=C(O)c1ccc(Cl)cc1NCc1ccco1. The van der Waals surface area contributed by atoms with Crippen molar-refractivity contribution in [2.75, 3.05) is 5.32 Å². The van der Waals surface area contributed by atoms with Crippen molar-refractivity contribution in [2.24, 2.45) is 0 Å². The molecule has 0 radical (unpaired) electrons. The summed E-state index contributed by atoms with van der Waals surface area (Å²) in [4.78, 5) is 11.0. The average Bonchev–Trinajstić information content (AvgIpc) is 2.78. The number of nitrogens with one attached hydrogen (secondary N) is 1. The highest BCUT2D eigenvalue weighted by Crippen LogP contribution is 2.21. The molecule has 0 saturated carbocycles. The number of aromatic carboxylic acids is 1. The molecule has 0 saturated heterocycles. The number of rotatable bonds is 4. The maximum atomic E-state index is 11.0. The van der Waals surface area contributed by atoms with Crippen LogP contribution in [0, 0.1) is 0 Å². The Hall–Kier alpha value is -1.94. The Kier molecular flexibility index (Phi) is 3.35. The van der Waals surface area contributed by atoms with Gasteiger partial charge in [0.1, 0.15) is 5.76 Å². The Morgan fingerprint density at radius 3 is 2.88 bits per heavy atom. The molecular weight excluding hydrogens is 242 g/mol. The van der Waals surface area contributed by atoms with Crippen molar-refractivity contribution >= 4 is 23.3 Å². The lowest BCUT2D eigenvalue weighted by atomic mass is 10.2. The van der Waals surface area contributed by atoms with Gasteiger partial charge in [-0.15, -0.1) is 0 Å². The van der Waals surface area contributed by atoms with Gasteiger partial charge in [0.05, 0.1) is 24.1 Å². The summed E-state index contributed by atoms with van der Waals surface area (Å²) in [6.45, 7) is 0.410. The standard InChI is InChI=1S/C12H10ClNO3/c13-8-3-4-10(12(15)16)11(6-8)14-7-9-2-1-5-17-9/h1-6,14H,7H2,(H,15,16). The zero-order valence-electron chi connectivity index (χ0n) is 8.81. The van der Waals surface area contributed by atoms with Crippen LogP contribution < -0.4 is 5.32 Å². The summed E-state index contributed by atoms with van der Waals surface area (Å²) in [7, 11) is 0. The molecule has 1 heterocycles. The van der Waals surface area contributed by atoms with Crippen molar-refractivity contribution in [3.8, 4) is 0 Å². The zero-order chi connectivity index (χ0) is 12.3. The lowest BCUT2D eigenvalue weighted by molar-refractivity contribution is 0.0698. The monoisotopic (exact) mass is 251 g/mol. The van der Waals surface area contributed by atoms with Crippen LogP contribution in [0.3, 0.4) is 0 Å². The predicted molar refractivity (Wildman–Crippen MR) is 64.4 cm³/mol. The van der Waals surface area contributed by atoms with Crippen LogP contribution in [0.25, 0.3) is 0 Å². The number of carbonyl (C=O) groups is 1. The number of hydrogen-bond acceptors (Lipinski definition) is 3. The summed E-state index contributed by atoms with van der Waals surface area (Å²) in [6, 6.07) is 8.16. The van der Waals surface area contributed by atoms with E-state index < -0.39 is 5.97 Å². The molecule has 2 aromatic rings. The predicted octanol–water partition coefficient (Wildman–Crippen LogP) is 3.24. The van der Waals surface area contributed by atoms with Crippen LogP contribution in [-0.4, -0.2) is 11.1 Å². The molecule has 0 bridgehead atoms. The van der Waals surface area contributed by atoms with Crippen LogP contribution in [0.4, 0.5) is 5.69 Å². The topological polar surface area (TPSA) is 62.5 Å². The van der Waals surface area contributed by atoms with E-state index in [1.807, 2.05) is 0 Å². The minimum absolute atomic E-state index is 0.181. The van der Waals surface area contributed by atoms with Crippen LogP contribution in [0.2, 0.25) is 5.02 Å². The molecule has 4 nitrogen and oxygen atoms in total. The normalized spacial score (nSPS) is 10.2. The van der Waals surface area contributed by atoms with E-state index in [0.717, 1.165) is 5.76 Å². The maximum Gasteiger partial charge on any atom is 0.337 e. The fourth-order valence-corrected chi connectivity index (χ4v) is 1.62. The van der Waals surface area contributed by atoms with Gasteiger partial charge in [-0.2, -0.15) is 0 Å². The van der Waals surface area contributed by atoms with E-state index in [1.165, 1.54) is 6.07 Å². The molecule has 17 heavy (non-hydrogen) atoms. The number of furan rings is 1. The Labute approximate surface area is 103 Å². The van der Waals surface area contributed by atoms with E-state index in [2.05, 4.69) is 5.32 Å². The molecule has 0 amide bonds. The van der Waals surface area contributed by atoms with E-state index in [1.54, 1.807) is 30.5 Å². The van der Waals surface area contributed by atoms with Crippen molar-refractivity contribution in [3.05, 3.63) is 52.9 Å². The highest BCUT2D eigenvalue weighted by atomic mass is 35.5. The molecule has 0 spiro atoms. The summed E-state index contributed by atoms with van der Waals surface area (Å²) < 4.78 is 5.14. The minimum atomic E-state index is -0.997. The summed E-state index contributed by atoms with van der Waals surface area (Å²) in [5, 5.41) is 12.5. The maximum absolute atomic E-state index is 11.0. The van der Waals surface area contributed by atoms with Gasteiger partial charge in [0.2, 0.25) is 0 Å². The molecule has 5 heteroatoms. The van der Waals surface area contributed by atoms with Crippen LogP contribution in [0.15, 0.2) is 41.0 Å². The molecule has 1 aromatic heterocycles. The van der Waals surface area contributed by atoms with E-state index >= 15 is 0 Å². The van der Waals surface area contributed by atoms with Gasteiger partial charge in [0.25, 0.3) is 0 Å². The Morgan fingerprint density at radius 2 is 2.24 bits per heavy atom. The second-order valence-corrected chi connectivity index (χ2v) is 3.86. The van der Waals surface area contributed by atoms with Crippen LogP contribution in [0.1, 0.15) is 16.1 Å². The first kappa shape index (κ1) is 11.5. The second-order valence-electron chi connectivity index (χ2n) is 3.43. The largest absolute Gasteiger partial charge is 0.478 e. The summed E-state index contributed by atoms with van der Waals surface area (Å²) in [5.41, 5.74) is 0.655. The molecule has 0 unspecified atom stereocenters.